The maximum atomic E-state index is 12.0. The Morgan fingerprint density at radius 3 is 2.37 bits per heavy atom. The van der Waals surface area contributed by atoms with Crippen LogP contribution in [0, 0.1) is 5.92 Å². The van der Waals surface area contributed by atoms with E-state index in [9.17, 15) is 18.0 Å². The fraction of sp³-hybridized carbons (Fsp3) is 0.417. The highest BCUT2D eigenvalue weighted by Gasteiger charge is 2.29. The molecule has 1 unspecified atom stereocenters. The molecule has 0 saturated carbocycles. The van der Waals surface area contributed by atoms with E-state index in [-0.39, 0.29) is 30.4 Å². The molecule has 2 nitrogen and oxygen atoms in total. The zero-order valence-corrected chi connectivity index (χ0v) is 12.2. The minimum atomic E-state index is -4.30. The third kappa shape index (κ3) is 6.87. The van der Waals surface area contributed by atoms with Gasteiger partial charge in [-0.05, 0) is 30.5 Å². The second kappa shape index (κ2) is 7.19. The number of carboxylic acids is 1. The number of hydrogen-bond acceptors (Lipinski definition) is 2. The van der Waals surface area contributed by atoms with Crippen molar-refractivity contribution >= 4 is 33.7 Å². The molecule has 0 fully saturated rings. The van der Waals surface area contributed by atoms with Crippen molar-refractivity contribution in [1.29, 1.82) is 0 Å². The van der Waals surface area contributed by atoms with Crippen molar-refractivity contribution in [2.75, 3.05) is 5.75 Å². The van der Waals surface area contributed by atoms with Crippen molar-refractivity contribution < 1.29 is 23.1 Å². The molecule has 1 atom stereocenters. The molecule has 0 aliphatic heterocycles. The summed E-state index contributed by atoms with van der Waals surface area (Å²) >= 11 is 3.08. The van der Waals surface area contributed by atoms with Crippen LogP contribution in [0.1, 0.15) is 12.0 Å². The van der Waals surface area contributed by atoms with E-state index in [0.717, 1.165) is 10.0 Å². The van der Waals surface area contributed by atoms with Crippen LogP contribution in [0.4, 0.5) is 13.2 Å². The van der Waals surface area contributed by atoms with E-state index in [0.29, 0.717) is 0 Å². The lowest BCUT2D eigenvalue weighted by atomic mass is 9.97. The van der Waals surface area contributed by atoms with Crippen LogP contribution in [0.3, 0.4) is 0 Å². The molecule has 1 aromatic rings. The molecule has 0 spiro atoms. The maximum Gasteiger partial charge on any atom is 0.441 e. The molecule has 0 amide bonds. The second-order valence-corrected chi connectivity index (χ2v) is 6.02. The average Bonchev–Trinajstić information content (AvgIpc) is 2.28. The maximum absolute atomic E-state index is 12.0. The molecule has 7 heteroatoms. The van der Waals surface area contributed by atoms with Crippen molar-refractivity contribution in [2.24, 2.45) is 5.92 Å². The number of aliphatic carboxylic acids is 1. The quantitative estimate of drug-likeness (QED) is 0.823. The number of benzene rings is 1. The molecular weight excluding hydrogens is 345 g/mol. The Bertz CT molecular complexity index is 420. The summed E-state index contributed by atoms with van der Waals surface area (Å²) in [7, 11) is 0. The Morgan fingerprint density at radius 1 is 1.32 bits per heavy atom. The summed E-state index contributed by atoms with van der Waals surface area (Å²) in [6.07, 6.45) is 0.233. The summed E-state index contributed by atoms with van der Waals surface area (Å²) in [6.45, 7) is 0. The molecule has 106 valence electrons. The summed E-state index contributed by atoms with van der Waals surface area (Å²) in [5, 5.41) is 9.02. The first-order chi connectivity index (χ1) is 8.78. The molecule has 1 rings (SSSR count). The smallest absolute Gasteiger partial charge is 0.441 e. The molecule has 0 heterocycles. The Kier molecular flexibility index (Phi) is 6.19. The monoisotopic (exact) mass is 356 g/mol. The number of alkyl halides is 3. The Morgan fingerprint density at radius 2 is 1.89 bits per heavy atom. The first-order valence-electron chi connectivity index (χ1n) is 5.46. The molecule has 1 aromatic carbocycles. The van der Waals surface area contributed by atoms with Crippen LogP contribution >= 0.6 is 27.7 Å². The molecule has 0 aromatic heterocycles. The van der Waals surface area contributed by atoms with E-state index in [4.69, 9.17) is 5.11 Å². The van der Waals surface area contributed by atoms with Gasteiger partial charge in [-0.25, -0.2) is 0 Å². The van der Waals surface area contributed by atoms with Gasteiger partial charge >= 0.3 is 11.5 Å². The standard InChI is InChI=1S/C12H12BrF3O2S/c13-10-3-1-8(2-4-10)7-9(11(17)18)5-6-19-12(14,15)16/h1-4,9H,5-7H2,(H,17,18). The molecule has 0 aliphatic carbocycles. The predicted molar refractivity (Wildman–Crippen MR) is 72.1 cm³/mol. The van der Waals surface area contributed by atoms with E-state index < -0.39 is 17.4 Å². The van der Waals surface area contributed by atoms with E-state index in [2.05, 4.69) is 15.9 Å². The number of rotatable bonds is 6. The second-order valence-electron chi connectivity index (χ2n) is 3.95. The molecule has 1 N–H and O–H groups in total. The molecule has 0 aliphatic rings. The first-order valence-corrected chi connectivity index (χ1v) is 7.24. The highest BCUT2D eigenvalue weighted by Crippen LogP contribution is 2.31. The minimum absolute atomic E-state index is 0.00439. The van der Waals surface area contributed by atoms with Crippen molar-refractivity contribution in [1.82, 2.24) is 0 Å². The van der Waals surface area contributed by atoms with Crippen LogP contribution in [0.15, 0.2) is 28.7 Å². The lowest BCUT2D eigenvalue weighted by Gasteiger charge is -2.13. The van der Waals surface area contributed by atoms with Gasteiger partial charge in [0.2, 0.25) is 0 Å². The van der Waals surface area contributed by atoms with Gasteiger partial charge in [0.1, 0.15) is 0 Å². The van der Waals surface area contributed by atoms with Crippen molar-refractivity contribution in [3.05, 3.63) is 34.3 Å². The summed E-state index contributed by atoms with van der Waals surface area (Å²) in [5.74, 6) is -2.10. The van der Waals surface area contributed by atoms with Crippen LogP contribution in [-0.4, -0.2) is 22.3 Å². The van der Waals surface area contributed by atoms with Crippen LogP contribution < -0.4 is 0 Å². The largest absolute Gasteiger partial charge is 0.481 e. The average molecular weight is 357 g/mol. The van der Waals surface area contributed by atoms with Crippen molar-refractivity contribution in [2.45, 2.75) is 18.3 Å². The number of carboxylic acid groups (broad SMARTS) is 1. The summed E-state index contributed by atoms with van der Waals surface area (Å²) in [5.41, 5.74) is -3.51. The summed E-state index contributed by atoms with van der Waals surface area (Å²) in [6, 6.07) is 7.07. The van der Waals surface area contributed by atoms with Gasteiger partial charge in [0, 0.05) is 10.2 Å². The minimum Gasteiger partial charge on any atom is -0.481 e. The number of halogens is 4. The van der Waals surface area contributed by atoms with Gasteiger partial charge in [-0.2, -0.15) is 13.2 Å². The van der Waals surface area contributed by atoms with Gasteiger partial charge in [-0.3, -0.25) is 4.79 Å². The fourth-order valence-corrected chi connectivity index (χ4v) is 2.43. The van der Waals surface area contributed by atoms with Gasteiger partial charge in [-0.1, -0.05) is 39.8 Å². The Hall–Kier alpha value is -0.690. The van der Waals surface area contributed by atoms with Gasteiger partial charge in [0.25, 0.3) is 0 Å². The van der Waals surface area contributed by atoms with Gasteiger partial charge < -0.3 is 5.11 Å². The lowest BCUT2D eigenvalue weighted by molar-refractivity contribution is -0.141. The summed E-state index contributed by atoms with van der Waals surface area (Å²) < 4.78 is 36.8. The first kappa shape index (κ1) is 16.4. The third-order valence-electron chi connectivity index (χ3n) is 2.48. The molecular formula is C12H12BrF3O2S. The van der Waals surface area contributed by atoms with Crippen LogP contribution in [0.5, 0.6) is 0 Å². The zero-order chi connectivity index (χ0) is 14.5. The normalized spacial score (nSPS) is 13.3. The van der Waals surface area contributed by atoms with Crippen LogP contribution in [0.25, 0.3) is 0 Å². The van der Waals surface area contributed by atoms with E-state index in [1.165, 1.54) is 0 Å². The number of carbonyl (C=O) groups is 1. The highest BCUT2D eigenvalue weighted by atomic mass is 79.9. The zero-order valence-electron chi connectivity index (χ0n) is 9.78. The van der Waals surface area contributed by atoms with Gasteiger partial charge in [-0.15, -0.1) is 0 Å². The molecule has 0 bridgehead atoms. The highest BCUT2D eigenvalue weighted by molar-refractivity contribution is 9.10. The van der Waals surface area contributed by atoms with Gasteiger partial charge in [0.15, 0.2) is 0 Å². The Balaban J connectivity index is 2.53. The SMILES string of the molecule is O=C(O)C(CCSC(F)(F)F)Cc1ccc(Br)cc1. The lowest BCUT2D eigenvalue weighted by Crippen LogP contribution is -2.18. The van der Waals surface area contributed by atoms with Gasteiger partial charge in [0.05, 0.1) is 5.92 Å². The number of hydrogen-bond donors (Lipinski definition) is 1. The predicted octanol–water partition coefficient (Wildman–Crippen LogP) is 4.34. The Labute approximate surface area is 121 Å². The van der Waals surface area contributed by atoms with Crippen molar-refractivity contribution in [3.8, 4) is 0 Å². The molecule has 0 saturated heterocycles. The topological polar surface area (TPSA) is 37.3 Å². The third-order valence-corrected chi connectivity index (χ3v) is 3.77. The van der Waals surface area contributed by atoms with Crippen LogP contribution in [0.2, 0.25) is 0 Å². The molecule has 0 radical (unpaired) electrons. The van der Waals surface area contributed by atoms with Crippen molar-refractivity contribution in [3.63, 3.8) is 0 Å². The number of thioether (sulfide) groups is 1. The van der Waals surface area contributed by atoms with E-state index in [1.807, 2.05) is 0 Å². The molecule has 19 heavy (non-hydrogen) atoms. The summed E-state index contributed by atoms with van der Waals surface area (Å²) in [4.78, 5) is 11.0. The van der Waals surface area contributed by atoms with Crippen LogP contribution in [-0.2, 0) is 11.2 Å². The van der Waals surface area contributed by atoms with E-state index in [1.54, 1.807) is 24.3 Å². The van der Waals surface area contributed by atoms with E-state index >= 15 is 0 Å². The fourth-order valence-electron chi connectivity index (χ4n) is 1.53.